The number of nitrogens with one attached hydrogen (secondary N) is 2. The molecule has 2 N–H and O–H groups in total. The van der Waals surface area contributed by atoms with E-state index in [1.54, 1.807) is 71.6 Å². The van der Waals surface area contributed by atoms with Crippen LogP contribution in [-0.4, -0.2) is 44.1 Å². The molecule has 0 saturated carbocycles. The smallest absolute Gasteiger partial charge is 0.264 e. The first-order valence-electron chi connectivity index (χ1n) is 13.1. The second-order valence-electron chi connectivity index (χ2n) is 9.78. The molecule has 0 aliphatic carbocycles. The lowest BCUT2D eigenvalue weighted by atomic mass is 9.97. The molecule has 1 heterocycles. The number of benzene rings is 4. The fourth-order valence-electron chi connectivity index (χ4n) is 4.80. The van der Waals surface area contributed by atoms with Crippen LogP contribution < -0.4 is 10.0 Å². The number of hydrogen-bond acceptors (Lipinski definition) is 5. The Hall–Kier alpha value is -4.50. The lowest BCUT2D eigenvalue weighted by molar-refractivity contribution is -0.140. The molecule has 0 aromatic heterocycles. The molecule has 3 amide bonds. The summed E-state index contributed by atoms with van der Waals surface area (Å²) in [7, 11) is -4.21. The highest BCUT2D eigenvalue weighted by molar-refractivity contribution is 7.90. The maximum absolute atomic E-state index is 13.4. The summed E-state index contributed by atoms with van der Waals surface area (Å²) in [5.74, 6) is -2.75. The van der Waals surface area contributed by atoms with Crippen molar-refractivity contribution in [1.29, 1.82) is 0 Å². The average molecular weight is 556 g/mol. The minimum Gasteiger partial charge on any atom is -0.342 e. The molecule has 0 bridgehead atoms. The van der Waals surface area contributed by atoms with E-state index in [-0.39, 0.29) is 17.2 Å². The quantitative estimate of drug-likeness (QED) is 0.314. The van der Waals surface area contributed by atoms with Gasteiger partial charge in [-0.25, -0.2) is 13.1 Å². The van der Waals surface area contributed by atoms with Gasteiger partial charge < -0.3 is 10.2 Å². The van der Waals surface area contributed by atoms with E-state index in [4.69, 9.17) is 0 Å². The first-order chi connectivity index (χ1) is 19.3. The molecule has 9 heteroatoms. The van der Waals surface area contributed by atoms with Crippen LogP contribution in [0.25, 0.3) is 10.8 Å². The summed E-state index contributed by atoms with van der Waals surface area (Å²) in [6.07, 6.45) is 1.69. The van der Waals surface area contributed by atoms with Crippen LogP contribution in [0.4, 0.5) is 5.69 Å². The predicted molar refractivity (Wildman–Crippen MR) is 153 cm³/mol. The zero-order valence-electron chi connectivity index (χ0n) is 21.7. The molecule has 5 rings (SSSR count). The first kappa shape index (κ1) is 27.1. The van der Waals surface area contributed by atoms with Crippen LogP contribution in [0.1, 0.15) is 28.8 Å². The molecule has 4 aromatic carbocycles. The van der Waals surface area contributed by atoms with Crippen molar-refractivity contribution in [2.45, 2.75) is 24.2 Å². The number of carbonyl (C=O) groups is 3. The maximum Gasteiger partial charge on any atom is 0.264 e. The normalized spacial score (nSPS) is 14.1. The van der Waals surface area contributed by atoms with Crippen LogP contribution in [-0.2, 0) is 26.0 Å². The Morgan fingerprint density at radius 3 is 2.12 bits per heavy atom. The van der Waals surface area contributed by atoms with Crippen LogP contribution in [0, 0.1) is 5.92 Å². The highest BCUT2D eigenvalue weighted by Crippen LogP contribution is 2.22. The number of amides is 3. The second-order valence-corrected chi connectivity index (χ2v) is 11.5. The molecule has 4 aromatic rings. The lowest BCUT2D eigenvalue weighted by Gasteiger charge is -2.23. The number of sulfonamides is 1. The number of carbonyl (C=O) groups excluding carboxylic acids is 3. The molecule has 1 aliphatic heterocycles. The van der Waals surface area contributed by atoms with Crippen molar-refractivity contribution in [1.82, 2.24) is 9.62 Å². The summed E-state index contributed by atoms with van der Waals surface area (Å²) in [5, 5.41) is 4.42. The fraction of sp³-hybridized carbons (Fsp3) is 0.194. The Bertz CT molecular complexity index is 1650. The van der Waals surface area contributed by atoms with Crippen LogP contribution in [0.15, 0.2) is 102 Å². The third kappa shape index (κ3) is 6.21. The van der Waals surface area contributed by atoms with E-state index in [0.717, 1.165) is 23.6 Å². The predicted octanol–water partition coefficient (Wildman–Crippen LogP) is 4.38. The molecule has 1 fully saturated rings. The zero-order chi connectivity index (χ0) is 28.1. The summed E-state index contributed by atoms with van der Waals surface area (Å²) >= 11 is 0. The monoisotopic (exact) mass is 555 g/mol. The molecule has 0 radical (unpaired) electrons. The molecular weight excluding hydrogens is 526 g/mol. The van der Waals surface area contributed by atoms with Crippen molar-refractivity contribution in [3.05, 3.63) is 108 Å². The van der Waals surface area contributed by atoms with Gasteiger partial charge in [0, 0.05) is 24.3 Å². The summed E-state index contributed by atoms with van der Waals surface area (Å²) in [5.41, 5.74) is 1.74. The molecular formula is C31H29N3O5S. The summed E-state index contributed by atoms with van der Waals surface area (Å²) in [6, 6.07) is 27.6. The minimum atomic E-state index is -4.21. The Labute approximate surface area is 233 Å². The van der Waals surface area contributed by atoms with Gasteiger partial charge in [0.05, 0.1) is 4.90 Å². The number of anilines is 1. The highest BCUT2D eigenvalue weighted by Gasteiger charge is 2.34. The van der Waals surface area contributed by atoms with E-state index < -0.39 is 27.8 Å². The molecule has 0 spiro atoms. The fourth-order valence-corrected chi connectivity index (χ4v) is 5.85. The van der Waals surface area contributed by atoms with E-state index in [0.29, 0.717) is 29.9 Å². The van der Waals surface area contributed by atoms with Crippen molar-refractivity contribution in [2.24, 2.45) is 5.92 Å². The van der Waals surface area contributed by atoms with Gasteiger partial charge in [0.25, 0.3) is 15.9 Å². The number of hydrogen-bond donors (Lipinski definition) is 2. The molecule has 1 atom stereocenters. The third-order valence-electron chi connectivity index (χ3n) is 6.99. The van der Waals surface area contributed by atoms with E-state index in [9.17, 15) is 22.8 Å². The van der Waals surface area contributed by atoms with Gasteiger partial charge in [0.2, 0.25) is 11.8 Å². The van der Waals surface area contributed by atoms with Gasteiger partial charge >= 0.3 is 0 Å². The summed E-state index contributed by atoms with van der Waals surface area (Å²) in [6.45, 7) is 1.06. The molecule has 1 aliphatic rings. The van der Waals surface area contributed by atoms with Crippen molar-refractivity contribution in [2.75, 3.05) is 18.4 Å². The average Bonchev–Trinajstić information content (AvgIpc) is 3.51. The van der Waals surface area contributed by atoms with Crippen molar-refractivity contribution < 1.29 is 22.8 Å². The number of likely N-dealkylation sites (tertiary alicyclic amines) is 1. The van der Waals surface area contributed by atoms with E-state index in [2.05, 4.69) is 10.0 Å². The molecule has 204 valence electrons. The van der Waals surface area contributed by atoms with Gasteiger partial charge in [0.1, 0.15) is 5.92 Å². The zero-order valence-corrected chi connectivity index (χ0v) is 22.6. The van der Waals surface area contributed by atoms with E-state index >= 15 is 0 Å². The van der Waals surface area contributed by atoms with Gasteiger partial charge in [-0.05, 0) is 72.0 Å². The summed E-state index contributed by atoms with van der Waals surface area (Å²) < 4.78 is 28.5. The maximum atomic E-state index is 13.4. The Morgan fingerprint density at radius 2 is 1.43 bits per heavy atom. The summed E-state index contributed by atoms with van der Waals surface area (Å²) in [4.78, 5) is 40.8. The molecule has 8 nitrogen and oxygen atoms in total. The van der Waals surface area contributed by atoms with Crippen LogP contribution in [0.5, 0.6) is 0 Å². The van der Waals surface area contributed by atoms with Gasteiger partial charge in [-0.15, -0.1) is 0 Å². The standard InChI is InChI=1S/C31H29N3O5S/c35-29(24-9-2-1-3-10-24)32-26-15-12-22(13-16-26)20-28(31(37)34-18-6-7-19-34)30(36)33-40(38,39)27-17-14-23-8-4-5-11-25(23)21-27/h1-5,8-17,21,28H,6-7,18-20H2,(H,32,35)(H,33,36). The number of rotatable bonds is 8. The van der Waals surface area contributed by atoms with Crippen LogP contribution in [0.3, 0.4) is 0 Å². The van der Waals surface area contributed by atoms with Gasteiger partial charge in [-0.1, -0.05) is 60.7 Å². The molecule has 1 unspecified atom stereocenters. The lowest BCUT2D eigenvalue weighted by Crippen LogP contribution is -2.45. The largest absolute Gasteiger partial charge is 0.342 e. The number of fused-ring (bicyclic) bond motifs is 1. The number of nitrogens with zero attached hydrogens (tertiary/aromatic N) is 1. The van der Waals surface area contributed by atoms with E-state index in [1.165, 1.54) is 12.1 Å². The molecule has 1 saturated heterocycles. The Morgan fingerprint density at radius 1 is 0.775 bits per heavy atom. The Balaban J connectivity index is 1.33. The van der Waals surface area contributed by atoms with Crippen molar-refractivity contribution >= 4 is 44.2 Å². The van der Waals surface area contributed by atoms with Gasteiger partial charge in [-0.3, -0.25) is 14.4 Å². The van der Waals surface area contributed by atoms with Gasteiger partial charge in [-0.2, -0.15) is 0 Å². The van der Waals surface area contributed by atoms with Crippen LogP contribution >= 0.6 is 0 Å². The Kier molecular flexibility index (Phi) is 7.93. The minimum absolute atomic E-state index is 0.0152. The van der Waals surface area contributed by atoms with Crippen LogP contribution in [0.2, 0.25) is 0 Å². The first-order valence-corrected chi connectivity index (χ1v) is 14.6. The van der Waals surface area contributed by atoms with E-state index in [1.807, 2.05) is 18.2 Å². The van der Waals surface area contributed by atoms with Crippen molar-refractivity contribution in [3.8, 4) is 0 Å². The van der Waals surface area contributed by atoms with Gasteiger partial charge in [0.15, 0.2) is 0 Å². The second kappa shape index (κ2) is 11.7. The molecule has 40 heavy (non-hydrogen) atoms. The highest BCUT2D eigenvalue weighted by atomic mass is 32.2. The SMILES string of the molecule is O=C(Nc1ccc(CC(C(=O)NS(=O)(=O)c2ccc3ccccc3c2)C(=O)N2CCCC2)cc1)c1ccccc1. The topological polar surface area (TPSA) is 113 Å². The third-order valence-corrected chi connectivity index (χ3v) is 8.33. The van der Waals surface area contributed by atoms with Crippen molar-refractivity contribution in [3.63, 3.8) is 0 Å².